The minimum atomic E-state index is -1.12. The van der Waals surface area contributed by atoms with Crippen molar-refractivity contribution in [1.82, 2.24) is 0 Å². The second-order valence-electron chi connectivity index (χ2n) is 12.6. The molecule has 4 rings (SSSR count). The first-order chi connectivity index (χ1) is 14.1. The van der Waals surface area contributed by atoms with Crippen molar-refractivity contribution >= 4 is 0 Å². The number of hydrogen-bond acceptors (Lipinski definition) is 2. The van der Waals surface area contributed by atoms with Crippen LogP contribution in [0.25, 0.3) is 0 Å². The van der Waals surface area contributed by atoms with E-state index in [0.29, 0.717) is 18.3 Å². The fourth-order valence-electron chi connectivity index (χ4n) is 8.77. The molecule has 4 aliphatic rings. The molecule has 0 bridgehead atoms. The van der Waals surface area contributed by atoms with Crippen LogP contribution < -0.4 is 0 Å². The zero-order valence-electron chi connectivity index (χ0n) is 20.2. The third-order valence-electron chi connectivity index (χ3n) is 10.6. The summed E-state index contributed by atoms with van der Waals surface area (Å²) in [4.78, 5) is 0. The molecular weight excluding hydrogens is 366 g/mol. The lowest BCUT2D eigenvalue weighted by molar-refractivity contribution is -0.0644. The van der Waals surface area contributed by atoms with E-state index in [0.717, 1.165) is 41.9 Å². The Morgan fingerprint density at radius 1 is 1.07 bits per heavy atom. The number of nitrogens with zero attached hydrogens (tertiary/aromatic N) is 1. The van der Waals surface area contributed by atoms with Crippen molar-refractivity contribution in [3.63, 3.8) is 0 Å². The van der Waals surface area contributed by atoms with Crippen LogP contribution in [-0.4, -0.2) is 10.7 Å². The average Bonchev–Trinajstić information content (AvgIpc) is 3.05. The van der Waals surface area contributed by atoms with Crippen molar-refractivity contribution in [2.24, 2.45) is 46.3 Å². The molecule has 3 saturated carbocycles. The van der Waals surface area contributed by atoms with Gasteiger partial charge in [-0.05, 0) is 91.3 Å². The summed E-state index contributed by atoms with van der Waals surface area (Å²) in [5.41, 5.74) is 1.03. The molecule has 0 spiro atoms. The van der Waals surface area contributed by atoms with Crippen LogP contribution in [-0.2, 0) is 0 Å². The molecule has 0 aromatic carbocycles. The van der Waals surface area contributed by atoms with E-state index < -0.39 is 5.60 Å². The fourth-order valence-corrected chi connectivity index (χ4v) is 8.77. The first-order valence-electron chi connectivity index (χ1n) is 13.0. The summed E-state index contributed by atoms with van der Waals surface area (Å²) in [6.45, 7) is 12.4. The summed E-state index contributed by atoms with van der Waals surface area (Å²) in [6.07, 6.45) is 15.7. The molecule has 2 heteroatoms. The quantitative estimate of drug-likeness (QED) is 0.381. The van der Waals surface area contributed by atoms with Crippen molar-refractivity contribution in [2.75, 3.05) is 0 Å². The predicted octanol–water partition coefficient (Wildman–Crippen LogP) is 7.28. The molecular formula is C28H45NO. The van der Waals surface area contributed by atoms with Gasteiger partial charge in [-0.2, -0.15) is 5.26 Å². The minimum absolute atomic E-state index is 0.217. The lowest BCUT2D eigenvalue weighted by Gasteiger charge is -2.59. The number of rotatable bonds is 5. The van der Waals surface area contributed by atoms with Crippen molar-refractivity contribution in [3.05, 3.63) is 11.6 Å². The number of aliphatic hydroxyl groups is 1. The van der Waals surface area contributed by atoms with Gasteiger partial charge in [-0.3, -0.25) is 0 Å². The number of nitriles is 1. The highest BCUT2D eigenvalue weighted by molar-refractivity contribution is 5.29. The molecule has 0 aliphatic heterocycles. The zero-order chi connectivity index (χ0) is 21.7. The van der Waals surface area contributed by atoms with E-state index in [1.54, 1.807) is 0 Å². The highest BCUT2D eigenvalue weighted by Crippen LogP contribution is 2.67. The molecule has 2 nitrogen and oxygen atoms in total. The van der Waals surface area contributed by atoms with Crippen LogP contribution >= 0.6 is 0 Å². The Morgan fingerprint density at radius 2 is 1.83 bits per heavy atom. The number of allylic oxidation sites excluding steroid dienone is 1. The molecule has 1 N–H and O–H groups in total. The molecule has 3 fully saturated rings. The van der Waals surface area contributed by atoms with Crippen molar-refractivity contribution in [3.8, 4) is 6.07 Å². The van der Waals surface area contributed by atoms with Gasteiger partial charge >= 0.3 is 0 Å². The van der Waals surface area contributed by atoms with Gasteiger partial charge in [0.1, 0.15) is 0 Å². The van der Waals surface area contributed by atoms with Crippen LogP contribution in [0.1, 0.15) is 105 Å². The molecule has 1 unspecified atom stereocenters. The van der Waals surface area contributed by atoms with Gasteiger partial charge in [-0.1, -0.05) is 65.5 Å². The standard InChI is InChI=1S/C28H45NO/c1-19(2)7-6-8-20(3)23-11-12-24-22-10-9-21-17-28(30,18-29)16-15-26(21,4)25(22)13-14-27(23,24)5/h9,19-20,22-25,30H,6-8,10-17H2,1-5H3/t20-,22+,23-,24+,25+,26+,27-,28?/m1/s1. The second kappa shape index (κ2) is 7.95. The van der Waals surface area contributed by atoms with Crippen LogP contribution in [0.15, 0.2) is 11.6 Å². The molecule has 0 heterocycles. The summed E-state index contributed by atoms with van der Waals surface area (Å²) in [5.74, 6) is 5.05. The maximum absolute atomic E-state index is 10.6. The smallest absolute Gasteiger partial charge is 0.154 e. The van der Waals surface area contributed by atoms with Gasteiger partial charge in [-0.15, -0.1) is 0 Å². The molecule has 0 saturated heterocycles. The summed E-state index contributed by atoms with van der Waals surface area (Å²) in [6, 6.07) is 2.20. The van der Waals surface area contributed by atoms with Crippen molar-refractivity contribution in [1.29, 1.82) is 5.26 Å². The second-order valence-corrected chi connectivity index (χ2v) is 12.6. The maximum atomic E-state index is 10.6. The number of fused-ring (bicyclic) bond motifs is 5. The Bertz CT molecular complexity index is 719. The van der Waals surface area contributed by atoms with Crippen LogP contribution in [0.2, 0.25) is 0 Å². The fraction of sp³-hybridized carbons (Fsp3) is 0.893. The molecule has 168 valence electrons. The lowest BCUT2D eigenvalue weighted by Crippen LogP contribution is -2.52. The van der Waals surface area contributed by atoms with E-state index in [2.05, 4.69) is 46.8 Å². The highest BCUT2D eigenvalue weighted by Gasteiger charge is 2.59. The van der Waals surface area contributed by atoms with Crippen LogP contribution in [0.5, 0.6) is 0 Å². The third kappa shape index (κ3) is 3.58. The Hall–Kier alpha value is -0.810. The van der Waals surface area contributed by atoms with Gasteiger partial charge in [0, 0.05) is 6.42 Å². The van der Waals surface area contributed by atoms with E-state index in [9.17, 15) is 10.4 Å². The number of hydrogen-bond donors (Lipinski definition) is 1. The Labute approximate surface area is 185 Å². The molecule has 0 radical (unpaired) electrons. The Kier molecular flexibility index (Phi) is 5.93. The molecule has 8 atom stereocenters. The topological polar surface area (TPSA) is 44.0 Å². The first kappa shape index (κ1) is 22.4. The van der Waals surface area contributed by atoms with Gasteiger partial charge in [0.25, 0.3) is 0 Å². The maximum Gasteiger partial charge on any atom is 0.154 e. The SMILES string of the molecule is CC(C)CCC[C@@H](C)[C@H]1CC[C@H]2[C@@H]3CC=C4CC(O)(C#N)CC[C@]4(C)[C@H]3CC[C@]12C. The van der Waals surface area contributed by atoms with Crippen LogP contribution in [0, 0.1) is 57.7 Å². The van der Waals surface area contributed by atoms with E-state index >= 15 is 0 Å². The monoisotopic (exact) mass is 411 g/mol. The van der Waals surface area contributed by atoms with Crippen molar-refractivity contribution < 1.29 is 5.11 Å². The van der Waals surface area contributed by atoms with Gasteiger partial charge in [-0.25, -0.2) is 0 Å². The van der Waals surface area contributed by atoms with Crippen molar-refractivity contribution in [2.45, 2.75) is 111 Å². The van der Waals surface area contributed by atoms with Crippen LogP contribution in [0.4, 0.5) is 0 Å². The predicted molar refractivity (Wildman–Crippen MR) is 124 cm³/mol. The Balaban J connectivity index is 1.50. The third-order valence-corrected chi connectivity index (χ3v) is 10.6. The van der Waals surface area contributed by atoms with Crippen LogP contribution in [0.3, 0.4) is 0 Å². The minimum Gasteiger partial charge on any atom is -0.375 e. The zero-order valence-corrected chi connectivity index (χ0v) is 20.2. The van der Waals surface area contributed by atoms with E-state index in [1.165, 1.54) is 56.9 Å². The highest BCUT2D eigenvalue weighted by atomic mass is 16.3. The van der Waals surface area contributed by atoms with E-state index in [4.69, 9.17) is 0 Å². The van der Waals surface area contributed by atoms with Gasteiger partial charge in [0.05, 0.1) is 6.07 Å². The summed E-state index contributed by atoms with van der Waals surface area (Å²) < 4.78 is 0. The molecule has 4 aliphatic carbocycles. The van der Waals surface area contributed by atoms with Gasteiger partial charge in [0.2, 0.25) is 0 Å². The molecule has 30 heavy (non-hydrogen) atoms. The Morgan fingerprint density at radius 3 is 2.53 bits per heavy atom. The van der Waals surface area contributed by atoms with E-state index in [1.807, 2.05) is 0 Å². The normalized spacial score (nSPS) is 46.4. The first-order valence-corrected chi connectivity index (χ1v) is 13.0. The van der Waals surface area contributed by atoms with E-state index in [-0.39, 0.29) is 5.41 Å². The largest absolute Gasteiger partial charge is 0.375 e. The molecule has 0 amide bonds. The summed E-state index contributed by atoms with van der Waals surface area (Å²) >= 11 is 0. The van der Waals surface area contributed by atoms with Gasteiger partial charge < -0.3 is 5.11 Å². The molecule has 0 aromatic rings. The molecule has 0 aromatic heterocycles. The summed E-state index contributed by atoms with van der Waals surface area (Å²) in [7, 11) is 0. The lowest BCUT2D eigenvalue weighted by atomic mass is 9.46. The average molecular weight is 412 g/mol. The van der Waals surface area contributed by atoms with Gasteiger partial charge in [0.15, 0.2) is 5.60 Å². The summed E-state index contributed by atoms with van der Waals surface area (Å²) in [5, 5.41) is 20.1.